The summed E-state index contributed by atoms with van der Waals surface area (Å²) >= 11 is 6.12. The molecule has 1 heterocycles. The van der Waals surface area contributed by atoms with Crippen LogP contribution in [0.15, 0.2) is 54.6 Å². The second kappa shape index (κ2) is 19.2. The van der Waals surface area contributed by atoms with Crippen LogP contribution in [-0.4, -0.2) is 79.8 Å². The number of amides is 1. The Labute approximate surface area is 301 Å². The number of hydrogen-bond donors (Lipinski definition) is 6. The van der Waals surface area contributed by atoms with E-state index in [-0.39, 0.29) is 28.3 Å². The van der Waals surface area contributed by atoms with Crippen LogP contribution in [0.5, 0.6) is 11.5 Å². The standard InChI is InChI=1S/C37H51ClN4O7S/c1-26-10-13-30(27-11-14-34(43)31(38)23-27)32(22-26)40-37(46)49-29-16-20-42(21-17-29)19-9-7-5-3-4-6-8-18-39-25-36(45)28-12-15-35(44)33(24-28)41-50(2,47)48/h10-15,22-24,29,36,39,41,43-45H,3-9,16-21,25H2,1-2H3,(H,40,46)/t36-/m0/s1. The third-order valence-electron chi connectivity index (χ3n) is 8.85. The van der Waals surface area contributed by atoms with Crippen molar-refractivity contribution < 1.29 is 33.3 Å². The third-order valence-corrected chi connectivity index (χ3v) is 9.74. The van der Waals surface area contributed by atoms with Gasteiger partial charge in [-0.25, -0.2) is 13.2 Å². The number of unbranched alkanes of at least 4 members (excludes halogenated alkanes) is 6. The molecule has 50 heavy (non-hydrogen) atoms. The average molecular weight is 731 g/mol. The maximum absolute atomic E-state index is 12.8. The van der Waals surface area contributed by atoms with E-state index in [0.29, 0.717) is 17.8 Å². The minimum Gasteiger partial charge on any atom is -0.506 e. The number of aliphatic hydroxyl groups is 1. The van der Waals surface area contributed by atoms with Crippen LogP contribution >= 0.6 is 11.6 Å². The van der Waals surface area contributed by atoms with Crippen LogP contribution in [0.3, 0.4) is 0 Å². The number of aryl methyl sites for hydroxylation is 1. The topological polar surface area (TPSA) is 160 Å². The number of benzene rings is 3. The van der Waals surface area contributed by atoms with Crippen molar-refractivity contribution in [3.05, 3.63) is 70.7 Å². The fourth-order valence-electron chi connectivity index (χ4n) is 6.10. The van der Waals surface area contributed by atoms with E-state index in [2.05, 4.69) is 20.3 Å². The number of ether oxygens (including phenoxy) is 1. The number of sulfonamides is 1. The number of nitrogens with one attached hydrogen (secondary N) is 3. The quantitative estimate of drug-likeness (QED) is 0.0589. The minimum atomic E-state index is -3.54. The van der Waals surface area contributed by atoms with E-state index in [9.17, 15) is 28.5 Å². The van der Waals surface area contributed by atoms with Crippen molar-refractivity contribution >= 4 is 39.1 Å². The van der Waals surface area contributed by atoms with Crippen molar-refractivity contribution in [1.29, 1.82) is 0 Å². The minimum absolute atomic E-state index is 0.00830. The summed E-state index contributed by atoms with van der Waals surface area (Å²) in [6.07, 6.45) is 9.25. The first-order chi connectivity index (χ1) is 23.9. The number of anilines is 2. The number of phenolic OH excluding ortho intramolecular Hbond substituents is 2. The van der Waals surface area contributed by atoms with Gasteiger partial charge in [-0.3, -0.25) is 10.0 Å². The van der Waals surface area contributed by atoms with Crippen molar-refractivity contribution in [2.75, 3.05) is 49.0 Å². The maximum Gasteiger partial charge on any atom is 0.411 e. The highest BCUT2D eigenvalue weighted by Gasteiger charge is 2.23. The Bertz CT molecular complexity index is 1670. The molecule has 0 bridgehead atoms. The average Bonchev–Trinajstić information content (AvgIpc) is 3.06. The molecule has 1 fully saturated rings. The molecule has 3 aromatic carbocycles. The molecule has 1 amide bonds. The molecule has 11 nitrogen and oxygen atoms in total. The first kappa shape index (κ1) is 39.2. The van der Waals surface area contributed by atoms with E-state index < -0.39 is 22.2 Å². The molecule has 0 radical (unpaired) electrons. The SMILES string of the molecule is Cc1ccc(-c2ccc(O)c(Cl)c2)c(NC(=O)OC2CCN(CCCCCCCCCNC[C@H](O)c3ccc(O)c(NS(C)(=O)=O)c3)CC2)c1. The Morgan fingerprint density at radius 1 is 0.920 bits per heavy atom. The molecule has 6 N–H and O–H groups in total. The molecular formula is C37H51ClN4O7S. The lowest BCUT2D eigenvalue weighted by Crippen LogP contribution is -2.38. The van der Waals surface area contributed by atoms with Gasteiger partial charge >= 0.3 is 6.09 Å². The summed E-state index contributed by atoms with van der Waals surface area (Å²) in [5, 5.41) is 36.5. The molecule has 1 atom stereocenters. The van der Waals surface area contributed by atoms with Crippen LogP contribution in [0.1, 0.15) is 75.0 Å². The van der Waals surface area contributed by atoms with Gasteiger partial charge in [-0.2, -0.15) is 0 Å². The fourth-order valence-corrected chi connectivity index (χ4v) is 6.84. The van der Waals surface area contributed by atoms with Gasteiger partial charge in [0.05, 0.1) is 28.8 Å². The molecule has 0 unspecified atom stereocenters. The van der Waals surface area contributed by atoms with Crippen molar-refractivity contribution in [3.8, 4) is 22.6 Å². The lowest BCUT2D eigenvalue weighted by Gasteiger charge is -2.31. The second-order valence-electron chi connectivity index (χ2n) is 13.1. The number of aliphatic hydroxyl groups excluding tert-OH is 1. The Balaban J connectivity index is 1.03. The molecule has 1 aliphatic heterocycles. The number of nitrogens with zero attached hydrogens (tertiary/aromatic N) is 1. The van der Waals surface area contributed by atoms with Crippen molar-refractivity contribution in [1.82, 2.24) is 10.2 Å². The normalized spacial score (nSPS) is 14.7. The molecule has 274 valence electrons. The highest BCUT2D eigenvalue weighted by atomic mass is 35.5. The van der Waals surface area contributed by atoms with Crippen LogP contribution < -0.4 is 15.4 Å². The number of halogens is 1. The monoisotopic (exact) mass is 730 g/mol. The zero-order valence-electron chi connectivity index (χ0n) is 29.0. The van der Waals surface area contributed by atoms with Crippen LogP contribution in [0.4, 0.5) is 16.2 Å². The van der Waals surface area contributed by atoms with E-state index in [1.807, 2.05) is 25.1 Å². The summed E-state index contributed by atoms with van der Waals surface area (Å²) in [4.78, 5) is 15.3. The third kappa shape index (κ3) is 13.0. The number of rotatable bonds is 18. The zero-order valence-corrected chi connectivity index (χ0v) is 30.5. The molecule has 3 aromatic rings. The lowest BCUT2D eigenvalue weighted by atomic mass is 10.0. The van der Waals surface area contributed by atoms with E-state index in [0.717, 1.165) is 81.2 Å². The van der Waals surface area contributed by atoms with Gasteiger partial charge in [0, 0.05) is 25.2 Å². The number of hydrogen-bond acceptors (Lipinski definition) is 9. The van der Waals surface area contributed by atoms with Gasteiger partial charge in [-0.05, 0) is 92.7 Å². The number of piperidine rings is 1. The Kier molecular flexibility index (Phi) is 15.0. The molecule has 4 rings (SSSR count). The summed E-state index contributed by atoms with van der Waals surface area (Å²) in [6.45, 7) is 5.96. The summed E-state index contributed by atoms with van der Waals surface area (Å²) in [6, 6.07) is 15.1. The fraction of sp³-hybridized carbons (Fsp3) is 0.486. The Morgan fingerprint density at radius 3 is 2.30 bits per heavy atom. The lowest BCUT2D eigenvalue weighted by molar-refractivity contribution is 0.0584. The molecule has 0 spiro atoms. The summed E-state index contributed by atoms with van der Waals surface area (Å²) in [5.41, 5.74) is 3.79. The van der Waals surface area contributed by atoms with Crippen molar-refractivity contribution in [2.45, 2.75) is 76.9 Å². The summed E-state index contributed by atoms with van der Waals surface area (Å²) < 4.78 is 31.0. The second-order valence-corrected chi connectivity index (χ2v) is 15.3. The van der Waals surface area contributed by atoms with Crippen LogP contribution in [0, 0.1) is 6.92 Å². The van der Waals surface area contributed by atoms with Gasteiger partial charge in [-0.1, -0.05) is 68.0 Å². The van der Waals surface area contributed by atoms with Gasteiger partial charge in [0.1, 0.15) is 17.6 Å². The summed E-state index contributed by atoms with van der Waals surface area (Å²) in [7, 11) is -3.54. The van der Waals surface area contributed by atoms with Crippen LogP contribution in [0.2, 0.25) is 5.02 Å². The van der Waals surface area contributed by atoms with Crippen molar-refractivity contribution in [3.63, 3.8) is 0 Å². The number of carbonyl (C=O) groups is 1. The predicted octanol–water partition coefficient (Wildman–Crippen LogP) is 7.16. The predicted molar refractivity (Wildman–Crippen MR) is 200 cm³/mol. The number of phenols is 2. The number of likely N-dealkylation sites (tertiary alicyclic amines) is 1. The molecule has 0 aromatic heterocycles. The Morgan fingerprint density at radius 2 is 1.60 bits per heavy atom. The molecule has 0 saturated carbocycles. The maximum atomic E-state index is 12.8. The summed E-state index contributed by atoms with van der Waals surface area (Å²) in [5.74, 6) is -0.184. The zero-order chi connectivity index (χ0) is 36.1. The largest absolute Gasteiger partial charge is 0.506 e. The van der Waals surface area contributed by atoms with Crippen LogP contribution in [-0.2, 0) is 14.8 Å². The van der Waals surface area contributed by atoms with Crippen molar-refractivity contribution in [2.24, 2.45) is 0 Å². The first-order valence-corrected chi connectivity index (χ1v) is 19.6. The Hall–Kier alpha value is -3.55. The molecule has 1 aliphatic rings. The highest BCUT2D eigenvalue weighted by molar-refractivity contribution is 7.92. The van der Waals surface area contributed by atoms with Gasteiger partial charge in [0.15, 0.2) is 0 Å². The molecule has 13 heteroatoms. The van der Waals surface area contributed by atoms with Gasteiger partial charge in [-0.15, -0.1) is 0 Å². The van der Waals surface area contributed by atoms with Gasteiger partial charge in [0.25, 0.3) is 0 Å². The van der Waals surface area contributed by atoms with Gasteiger partial charge < -0.3 is 30.3 Å². The van der Waals surface area contributed by atoms with E-state index >= 15 is 0 Å². The number of carbonyl (C=O) groups excluding carboxylic acids is 1. The van der Waals surface area contributed by atoms with Crippen LogP contribution in [0.25, 0.3) is 11.1 Å². The first-order valence-electron chi connectivity index (χ1n) is 17.4. The molecular weight excluding hydrogens is 680 g/mol. The smallest absolute Gasteiger partial charge is 0.411 e. The van der Waals surface area contributed by atoms with E-state index in [4.69, 9.17) is 16.3 Å². The molecule has 0 aliphatic carbocycles. The van der Waals surface area contributed by atoms with Gasteiger partial charge in [0.2, 0.25) is 10.0 Å². The number of aromatic hydroxyl groups is 2. The van der Waals surface area contributed by atoms with E-state index in [1.165, 1.54) is 43.9 Å². The van der Waals surface area contributed by atoms with E-state index in [1.54, 1.807) is 18.2 Å². The highest BCUT2D eigenvalue weighted by Crippen LogP contribution is 2.34. The molecule has 1 saturated heterocycles.